The van der Waals surface area contributed by atoms with Crippen LogP contribution in [0.15, 0.2) is 12.1 Å². The molecule has 3 nitrogen and oxygen atoms in total. The molecular weight excluding hydrogens is 309 g/mol. The van der Waals surface area contributed by atoms with Crippen LogP contribution in [0.4, 0.5) is 0 Å². The van der Waals surface area contributed by atoms with Crippen LogP contribution in [0, 0.1) is 0 Å². The molecule has 0 aromatic heterocycles. The highest BCUT2D eigenvalue weighted by atomic mass is 35.5. The fourth-order valence-electron chi connectivity index (χ4n) is 1.87. The van der Waals surface area contributed by atoms with Crippen molar-refractivity contribution >= 4 is 34.8 Å². The number of alkyl halides is 2. The third-order valence-electron chi connectivity index (χ3n) is 2.56. The lowest BCUT2D eigenvalue weighted by molar-refractivity contribution is 0.266. The number of phenolic OH excluding ortho intramolecular Hbond substituents is 2. The number of phenols is 2. The van der Waals surface area contributed by atoms with E-state index in [4.69, 9.17) is 34.8 Å². The van der Waals surface area contributed by atoms with Crippen LogP contribution >= 0.6 is 34.8 Å². The van der Waals surface area contributed by atoms with E-state index < -0.39 is 0 Å². The molecule has 0 amide bonds. The smallest absolute Gasteiger partial charge is 0.137 e. The van der Waals surface area contributed by atoms with Crippen LogP contribution < -0.4 is 0 Å². The Balaban J connectivity index is 2.86. The fraction of sp³-hybridized carbons (Fsp3) is 0.538. The largest absolute Gasteiger partial charge is 0.507 e. The van der Waals surface area contributed by atoms with Crippen molar-refractivity contribution in [1.29, 1.82) is 0 Å². The summed E-state index contributed by atoms with van der Waals surface area (Å²) < 4.78 is 0. The number of aromatic hydroxyl groups is 2. The van der Waals surface area contributed by atoms with Gasteiger partial charge in [-0.1, -0.05) is 11.6 Å². The maximum absolute atomic E-state index is 9.82. The zero-order valence-electron chi connectivity index (χ0n) is 10.9. The lowest BCUT2D eigenvalue weighted by Gasteiger charge is -2.25. The third kappa shape index (κ3) is 5.65. The maximum atomic E-state index is 9.82. The third-order valence-corrected chi connectivity index (χ3v) is 3.14. The molecule has 0 radical (unpaired) electrons. The number of hydrogen-bond donors (Lipinski definition) is 2. The van der Waals surface area contributed by atoms with Crippen molar-refractivity contribution < 1.29 is 10.2 Å². The molecule has 6 heteroatoms. The van der Waals surface area contributed by atoms with Gasteiger partial charge in [0.1, 0.15) is 11.5 Å². The van der Waals surface area contributed by atoms with Crippen LogP contribution in [0.1, 0.15) is 19.4 Å². The van der Waals surface area contributed by atoms with Gasteiger partial charge in [-0.2, -0.15) is 0 Å². The van der Waals surface area contributed by atoms with Gasteiger partial charge in [0.05, 0.1) is 5.02 Å². The molecule has 0 spiro atoms. The lowest BCUT2D eigenvalue weighted by atomic mass is 10.1. The van der Waals surface area contributed by atoms with E-state index in [1.807, 2.05) is 18.7 Å². The van der Waals surface area contributed by atoms with Crippen LogP contribution in [-0.2, 0) is 6.54 Å². The van der Waals surface area contributed by atoms with Crippen molar-refractivity contribution in [2.24, 2.45) is 0 Å². The molecule has 19 heavy (non-hydrogen) atoms. The molecule has 0 aliphatic rings. The van der Waals surface area contributed by atoms with Gasteiger partial charge in [-0.05, 0) is 19.9 Å². The quantitative estimate of drug-likeness (QED) is 0.781. The summed E-state index contributed by atoms with van der Waals surface area (Å²) >= 11 is 17.9. The molecule has 1 rings (SSSR count). The first-order chi connectivity index (χ1) is 8.79. The minimum atomic E-state index is -0.133. The molecule has 0 bridgehead atoms. The molecule has 1 aromatic carbocycles. The first-order valence-electron chi connectivity index (χ1n) is 6.00. The second-order valence-corrected chi connectivity index (χ2v) is 6.59. The van der Waals surface area contributed by atoms with E-state index in [1.54, 1.807) is 6.07 Å². The van der Waals surface area contributed by atoms with E-state index in [-0.39, 0.29) is 27.3 Å². The summed E-state index contributed by atoms with van der Waals surface area (Å²) in [6, 6.07) is 2.79. The van der Waals surface area contributed by atoms with E-state index in [2.05, 4.69) is 0 Å². The average Bonchev–Trinajstić information content (AvgIpc) is 2.23. The van der Waals surface area contributed by atoms with Gasteiger partial charge in [0.15, 0.2) is 0 Å². The van der Waals surface area contributed by atoms with Gasteiger partial charge in [0.25, 0.3) is 0 Å². The van der Waals surface area contributed by atoms with E-state index >= 15 is 0 Å². The van der Waals surface area contributed by atoms with Crippen molar-refractivity contribution in [1.82, 2.24) is 4.90 Å². The Bertz CT molecular complexity index is 415. The molecular formula is C13H18Cl3NO2. The van der Waals surface area contributed by atoms with E-state index in [0.717, 1.165) is 0 Å². The predicted molar refractivity (Wildman–Crippen MR) is 80.7 cm³/mol. The van der Waals surface area contributed by atoms with Gasteiger partial charge in [-0.25, -0.2) is 0 Å². The van der Waals surface area contributed by atoms with Crippen LogP contribution in [0.25, 0.3) is 0 Å². The van der Waals surface area contributed by atoms with Gasteiger partial charge in [0.2, 0.25) is 0 Å². The standard InChI is InChI=1S/C13H18Cl3NO2/c1-8(14)5-17(6-9(2)15)7-10-3-11(16)13(19)4-12(10)18/h3-4,8-9,18-19H,5-7H2,1-2H3/t8-,9-/m0/s1. The number of benzene rings is 1. The van der Waals surface area contributed by atoms with Crippen LogP contribution in [0.5, 0.6) is 11.5 Å². The molecule has 1 aromatic rings. The topological polar surface area (TPSA) is 43.7 Å². The highest BCUT2D eigenvalue weighted by Gasteiger charge is 2.15. The van der Waals surface area contributed by atoms with E-state index in [0.29, 0.717) is 25.2 Å². The summed E-state index contributed by atoms with van der Waals surface area (Å²) in [6.45, 7) is 5.57. The van der Waals surface area contributed by atoms with Crippen molar-refractivity contribution in [3.8, 4) is 11.5 Å². The molecule has 0 aliphatic carbocycles. The number of rotatable bonds is 6. The molecule has 2 atom stereocenters. The number of hydrogen-bond acceptors (Lipinski definition) is 3. The molecule has 108 valence electrons. The molecule has 0 saturated carbocycles. The Morgan fingerprint density at radius 3 is 2.05 bits per heavy atom. The Labute approximate surface area is 128 Å². The molecule has 0 saturated heterocycles. The van der Waals surface area contributed by atoms with Gasteiger partial charge in [-0.15, -0.1) is 23.2 Å². The highest BCUT2D eigenvalue weighted by Crippen LogP contribution is 2.31. The zero-order valence-corrected chi connectivity index (χ0v) is 13.2. The maximum Gasteiger partial charge on any atom is 0.137 e. The summed E-state index contributed by atoms with van der Waals surface area (Å²) in [5, 5.41) is 19.4. The van der Waals surface area contributed by atoms with Crippen molar-refractivity contribution in [2.45, 2.75) is 31.1 Å². The summed E-state index contributed by atoms with van der Waals surface area (Å²) in [4.78, 5) is 2.04. The predicted octanol–water partition coefficient (Wildman–Crippen LogP) is 3.81. The van der Waals surface area contributed by atoms with E-state index in [1.165, 1.54) is 6.07 Å². The summed E-state index contributed by atoms with van der Waals surface area (Å²) in [5.74, 6) is -0.123. The molecule has 0 fully saturated rings. The Morgan fingerprint density at radius 1 is 1.05 bits per heavy atom. The van der Waals surface area contributed by atoms with Crippen LogP contribution in [0.3, 0.4) is 0 Å². The number of nitrogens with zero attached hydrogens (tertiary/aromatic N) is 1. The Morgan fingerprint density at radius 2 is 1.58 bits per heavy atom. The fourth-order valence-corrected chi connectivity index (χ4v) is 2.45. The zero-order chi connectivity index (χ0) is 14.6. The number of halogens is 3. The first-order valence-corrected chi connectivity index (χ1v) is 7.25. The summed E-state index contributed by atoms with van der Waals surface area (Å²) in [5.41, 5.74) is 0.637. The minimum Gasteiger partial charge on any atom is -0.507 e. The normalized spacial score (nSPS) is 14.6. The Hall–Kier alpha value is -0.350. The monoisotopic (exact) mass is 325 g/mol. The first kappa shape index (κ1) is 16.7. The van der Waals surface area contributed by atoms with Gasteiger partial charge in [0, 0.05) is 42.0 Å². The second kappa shape index (κ2) is 7.44. The summed E-state index contributed by atoms with van der Waals surface area (Å²) in [6.07, 6.45) is 0. The van der Waals surface area contributed by atoms with Gasteiger partial charge >= 0.3 is 0 Å². The van der Waals surface area contributed by atoms with Crippen LogP contribution in [0.2, 0.25) is 5.02 Å². The van der Waals surface area contributed by atoms with Crippen molar-refractivity contribution in [2.75, 3.05) is 13.1 Å². The van der Waals surface area contributed by atoms with Crippen LogP contribution in [-0.4, -0.2) is 39.0 Å². The SMILES string of the molecule is C[C@H](Cl)CN(Cc1cc(Cl)c(O)cc1O)C[C@H](C)Cl. The molecule has 2 N–H and O–H groups in total. The average molecular weight is 327 g/mol. The second-order valence-electron chi connectivity index (χ2n) is 4.69. The van der Waals surface area contributed by atoms with Gasteiger partial charge < -0.3 is 10.2 Å². The minimum absolute atomic E-state index is 0.0105. The molecule has 0 unspecified atom stereocenters. The van der Waals surface area contributed by atoms with Crippen molar-refractivity contribution in [3.63, 3.8) is 0 Å². The molecule has 0 heterocycles. The van der Waals surface area contributed by atoms with Crippen molar-refractivity contribution in [3.05, 3.63) is 22.7 Å². The Kier molecular flexibility index (Phi) is 6.54. The summed E-state index contributed by atoms with van der Waals surface area (Å²) in [7, 11) is 0. The van der Waals surface area contributed by atoms with Gasteiger partial charge in [-0.3, -0.25) is 4.90 Å². The lowest BCUT2D eigenvalue weighted by Crippen LogP contribution is -2.33. The molecule has 0 aliphatic heterocycles. The van der Waals surface area contributed by atoms with E-state index in [9.17, 15) is 10.2 Å². The highest BCUT2D eigenvalue weighted by molar-refractivity contribution is 6.32.